The molecule has 0 aliphatic carbocycles. The number of nitrogens with zero attached hydrogens (tertiary/aromatic N) is 3. The Bertz CT molecular complexity index is 882. The van der Waals surface area contributed by atoms with Crippen molar-refractivity contribution >= 4 is 29.1 Å². The Morgan fingerprint density at radius 3 is 2.62 bits per heavy atom. The number of rotatable bonds is 2. The number of benzene rings is 1. The Labute approximate surface area is 149 Å². The molecule has 0 unspecified atom stereocenters. The molecular weight excluding hydrogens is 318 g/mol. The summed E-state index contributed by atoms with van der Waals surface area (Å²) in [6.07, 6.45) is 4.11. The van der Waals surface area contributed by atoms with Crippen LogP contribution in [-0.2, 0) is 26.4 Å². The molecular formula is C20H24ClN3. The summed E-state index contributed by atoms with van der Waals surface area (Å²) in [5.41, 5.74) is 6.99. The van der Waals surface area contributed by atoms with Crippen molar-refractivity contribution in [1.29, 1.82) is 0 Å². The van der Waals surface area contributed by atoms with Crippen LogP contribution >= 0.6 is 12.4 Å². The van der Waals surface area contributed by atoms with Gasteiger partial charge in [-0.05, 0) is 42.5 Å². The van der Waals surface area contributed by atoms with Crippen LogP contribution in [0.25, 0.3) is 10.9 Å². The molecule has 24 heavy (non-hydrogen) atoms. The molecule has 0 saturated carbocycles. The van der Waals surface area contributed by atoms with Gasteiger partial charge in [-0.1, -0.05) is 31.2 Å². The monoisotopic (exact) mass is 341 g/mol. The summed E-state index contributed by atoms with van der Waals surface area (Å²) in [5, 5.41) is 1.34. The topological polar surface area (TPSA) is 21.1 Å². The SMILES string of the molecule is CCc1c(C)c2ccnc(N3CCc4ccccc4C3)c2n1C.Cl. The van der Waals surface area contributed by atoms with Gasteiger partial charge in [0.15, 0.2) is 5.82 Å². The van der Waals surface area contributed by atoms with Crippen LogP contribution in [0, 0.1) is 6.92 Å². The van der Waals surface area contributed by atoms with Gasteiger partial charge in [0.05, 0.1) is 5.52 Å². The van der Waals surface area contributed by atoms with E-state index in [0.29, 0.717) is 0 Å². The third kappa shape index (κ3) is 2.48. The van der Waals surface area contributed by atoms with Crippen molar-refractivity contribution < 1.29 is 0 Å². The minimum absolute atomic E-state index is 0. The van der Waals surface area contributed by atoms with Crippen molar-refractivity contribution in [2.45, 2.75) is 33.2 Å². The van der Waals surface area contributed by atoms with E-state index in [1.807, 2.05) is 6.20 Å². The van der Waals surface area contributed by atoms with E-state index < -0.39 is 0 Å². The van der Waals surface area contributed by atoms with Crippen molar-refractivity contribution in [2.24, 2.45) is 7.05 Å². The number of anilines is 1. The summed E-state index contributed by atoms with van der Waals surface area (Å²) in [6.45, 7) is 6.45. The molecule has 126 valence electrons. The molecule has 0 bridgehead atoms. The first-order valence-electron chi connectivity index (χ1n) is 8.45. The van der Waals surface area contributed by atoms with Crippen molar-refractivity contribution in [3.63, 3.8) is 0 Å². The number of halogens is 1. The van der Waals surface area contributed by atoms with Gasteiger partial charge >= 0.3 is 0 Å². The predicted octanol–water partition coefficient (Wildman–Crippen LogP) is 4.43. The lowest BCUT2D eigenvalue weighted by Crippen LogP contribution is -2.31. The van der Waals surface area contributed by atoms with E-state index in [4.69, 9.17) is 4.98 Å². The summed E-state index contributed by atoms with van der Waals surface area (Å²) in [4.78, 5) is 7.19. The number of hydrogen-bond donors (Lipinski definition) is 0. The quantitative estimate of drug-likeness (QED) is 0.687. The van der Waals surface area contributed by atoms with Crippen LogP contribution < -0.4 is 4.90 Å². The summed E-state index contributed by atoms with van der Waals surface area (Å²) < 4.78 is 2.34. The minimum atomic E-state index is 0. The maximum atomic E-state index is 4.76. The van der Waals surface area contributed by atoms with Crippen LogP contribution in [-0.4, -0.2) is 16.1 Å². The van der Waals surface area contributed by atoms with Crippen molar-refractivity contribution in [3.05, 3.63) is 58.9 Å². The number of aromatic nitrogens is 2. The molecule has 0 N–H and O–H groups in total. The highest BCUT2D eigenvalue weighted by molar-refractivity contribution is 5.93. The van der Waals surface area contributed by atoms with Gasteiger partial charge in [-0.2, -0.15) is 0 Å². The Morgan fingerprint density at radius 2 is 1.88 bits per heavy atom. The van der Waals surface area contributed by atoms with Crippen LogP contribution in [0.15, 0.2) is 36.5 Å². The third-order valence-electron chi connectivity index (χ3n) is 5.25. The normalized spacial score (nSPS) is 13.7. The molecule has 0 saturated heterocycles. The van der Waals surface area contributed by atoms with Gasteiger partial charge in [-0.15, -0.1) is 12.4 Å². The van der Waals surface area contributed by atoms with Gasteiger partial charge < -0.3 is 9.47 Å². The maximum absolute atomic E-state index is 4.76. The first-order chi connectivity index (χ1) is 11.2. The second kappa shape index (κ2) is 6.48. The van der Waals surface area contributed by atoms with E-state index >= 15 is 0 Å². The van der Waals surface area contributed by atoms with Crippen LogP contribution in [0.5, 0.6) is 0 Å². The number of fused-ring (bicyclic) bond motifs is 2. The van der Waals surface area contributed by atoms with Crippen LogP contribution in [0.3, 0.4) is 0 Å². The summed E-state index contributed by atoms with van der Waals surface area (Å²) in [6, 6.07) is 10.9. The summed E-state index contributed by atoms with van der Waals surface area (Å²) in [5.74, 6) is 1.13. The van der Waals surface area contributed by atoms with E-state index in [2.05, 4.69) is 60.7 Å². The van der Waals surface area contributed by atoms with E-state index in [9.17, 15) is 0 Å². The number of pyridine rings is 1. The van der Waals surface area contributed by atoms with Crippen LogP contribution in [0.1, 0.15) is 29.3 Å². The molecule has 4 heteroatoms. The van der Waals surface area contributed by atoms with Crippen molar-refractivity contribution in [3.8, 4) is 0 Å². The molecule has 1 aromatic carbocycles. The standard InChI is InChI=1S/C20H23N3.ClH/c1-4-18-14(2)17-9-11-21-20(19(17)22(18)3)23-12-10-15-7-5-6-8-16(15)13-23;/h5-9,11H,4,10,12-13H2,1-3H3;1H. The van der Waals surface area contributed by atoms with Crippen molar-refractivity contribution in [1.82, 2.24) is 9.55 Å². The molecule has 0 amide bonds. The second-order valence-electron chi connectivity index (χ2n) is 6.46. The fourth-order valence-electron chi connectivity index (χ4n) is 4.03. The Kier molecular flexibility index (Phi) is 4.55. The molecule has 0 atom stereocenters. The van der Waals surface area contributed by atoms with E-state index in [1.165, 1.54) is 33.3 Å². The maximum Gasteiger partial charge on any atom is 0.153 e. The zero-order valence-electron chi connectivity index (χ0n) is 14.5. The highest BCUT2D eigenvalue weighted by atomic mass is 35.5. The zero-order valence-corrected chi connectivity index (χ0v) is 15.4. The van der Waals surface area contributed by atoms with Gasteiger partial charge in [-0.25, -0.2) is 4.98 Å². The largest absolute Gasteiger partial charge is 0.350 e. The molecule has 1 aliphatic heterocycles. The average Bonchev–Trinajstić information content (AvgIpc) is 2.85. The fraction of sp³-hybridized carbons (Fsp3) is 0.350. The molecule has 1 aliphatic rings. The second-order valence-corrected chi connectivity index (χ2v) is 6.46. The van der Waals surface area contributed by atoms with Crippen LogP contribution in [0.2, 0.25) is 0 Å². The minimum Gasteiger partial charge on any atom is -0.350 e. The highest BCUT2D eigenvalue weighted by Crippen LogP contribution is 2.33. The number of aryl methyl sites for hydroxylation is 2. The molecule has 3 heterocycles. The number of hydrogen-bond acceptors (Lipinski definition) is 2. The van der Waals surface area contributed by atoms with Gasteiger partial charge in [0.2, 0.25) is 0 Å². The lowest BCUT2D eigenvalue weighted by molar-refractivity contribution is 0.720. The summed E-state index contributed by atoms with van der Waals surface area (Å²) in [7, 11) is 2.18. The Morgan fingerprint density at radius 1 is 1.12 bits per heavy atom. The first kappa shape index (κ1) is 16.8. The van der Waals surface area contributed by atoms with E-state index in [-0.39, 0.29) is 12.4 Å². The molecule has 0 spiro atoms. The van der Waals surface area contributed by atoms with Crippen molar-refractivity contribution in [2.75, 3.05) is 11.4 Å². The smallest absolute Gasteiger partial charge is 0.153 e. The van der Waals surface area contributed by atoms with Gasteiger partial charge in [0, 0.05) is 37.4 Å². The van der Waals surface area contributed by atoms with Gasteiger partial charge in [0.25, 0.3) is 0 Å². The van der Waals surface area contributed by atoms with Crippen LogP contribution in [0.4, 0.5) is 5.82 Å². The zero-order chi connectivity index (χ0) is 16.0. The lowest BCUT2D eigenvalue weighted by atomic mass is 10.00. The highest BCUT2D eigenvalue weighted by Gasteiger charge is 2.22. The average molecular weight is 342 g/mol. The van der Waals surface area contributed by atoms with E-state index in [0.717, 1.165) is 31.7 Å². The van der Waals surface area contributed by atoms with Gasteiger partial charge in [-0.3, -0.25) is 0 Å². The predicted molar refractivity (Wildman–Crippen MR) is 103 cm³/mol. The van der Waals surface area contributed by atoms with E-state index in [1.54, 1.807) is 0 Å². The molecule has 3 aromatic rings. The Hall–Kier alpha value is -2.00. The molecule has 3 nitrogen and oxygen atoms in total. The molecule has 0 fully saturated rings. The van der Waals surface area contributed by atoms with Gasteiger partial charge in [0.1, 0.15) is 0 Å². The molecule has 2 aromatic heterocycles. The summed E-state index contributed by atoms with van der Waals surface area (Å²) >= 11 is 0. The Balaban J connectivity index is 0.00000169. The molecule has 4 rings (SSSR count). The third-order valence-corrected chi connectivity index (χ3v) is 5.25. The fourth-order valence-corrected chi connectivity index (χ4v) is 4.03. The molecule has 0 radical (unpaired) electrons. The lowest BCUT2D eigenvalue weighted by Gasteiger charge is -2.30. The first-order valence-corrected chi connectivity index (χ1v) is 8.45.